The van der Waals surface area contributed by atoms with Crippen LogP contribution in [-0.2, 0) is 0 Å². The van der Waals surface area contributed by atoms with E-state index in [9.17, 15) is 0 Å². The van der Waals surface area contributed by atoms with Gasteiger partial charge >= 0.3 is 0 Å². The molecule has 2 N–H and O–H groups in total. The van der Waals surface area contributed by atoms with Crippen molar-refractivity contribution < 1.29 is 4.74 Å². The Kier molecular flexibility index (Phi) is 1.67. The maximum absolute atomic E-state index is 5.72. The molecule has 1 aliphatic rings. The normalized spacial score (nSPS) is 16.9. The number of fused-ring (bicyclic) bond motifs is 1. The molecule has 1 aliphatic heterocycles. The second kappa shape index (κ2) is 2.99. The van der Waals surface area contributed by atoms with E-state index in [0.29, 0.717) is 6.10 Å². The van der Waals surface area contributed by atoms with Gasteiger partial charge in [0.25, 0.3) is 0 Å². The number of H-pyrrole nitrogens is 1. The molecule has 2 heterocycles. The summed E-state index contributed by atoms with van der Waals surface area (Å²) in [5, 5.41) is 11.2. The smallest absolute Gasteiger partial charge is 0.123 e. The SMILES string of the molecule is c1cc2cn[nH]c2cc1OC1CNC1. The number of hydrogen-bond acceptors (Lipinski definition) is 3. The minimum Gasteiger partial charge on any atom is -0.488 e. The van der Waals surface area contributed by atoms with Gasteiger partial charge in [-0.3, -0.25) is 5.10 Å². The van der Waals surface area contributed by atoms with Gasteiger partial charge in [0, 0.05) is 24.5 Å². The lowest BCUT2D eigenvalue weighted by molar-refractivity contribution is 0.142. The van der Waals surface area contributed by atoms with Gasteiger partial charge in [-0.15, -0.1) is 0 Å². The zero-order chi connectivity index (χ0) is 9.38. The van der Waals surface area contributed by atoms with E-state index in [4.69, 9.17) is 4.74 Å². The maximum atomic E-state index is 5.72. The molecule has 0 saturated carbocycles. The molecule has 1 aromatic heterocycles. The molecule has 1 fully saturated rings. The first kappa shape index (κ1) is 7.82. The minimum absolute atomic E-state index is 0.329. The Bertz CT molecular complexity index is 447. The zero-order valence-corrected chi connectivity index (χ0v) is 7.66. The van der Waals surface area contributed by atoms with Crippen LogP contribution >= 0.6 is 0 Å². The van der Waals surface area contributed by atoms with Crippen LogP contribution < -0.4 is 10.1 Å². The van der Waals surface area contributed by atoms with Gasteiger partial charge in [-0.25, -0.2) is 0 Å². The number of nitrogens with zero attached hydrogens (tertiary/aromatic N) is 1. The van der Waals surface area contributed by atoms with Crippen molar-refractivity contribution >= 4 is 10.9 Å². The van der Waals surface area contributed by atoms with Crippen LogP contribution in [0.2, 0.25) is 0 Å². The highest BCUT2D eigenvalue weighted by Crippen LogP contribution is 2.20. The van der Waals surface area contributed by atoms with E-state index in [1.807, 2.05) is 24.4 Å². The highest BCUT2D eigenvalue weighted by atomic mass is 16.5. The van der Waals surface area contributed by atoms with Crippen LogP contribution in [0.15, 0.2) is 24.4 Å². The van der Waals surface area contributed by atoms with Gasteiger partial charge < -0.3 is 10.1 Å². The van der Waals surface area contributed by atoms with E-state index < -0.39 is 0 Å². The van der Waals surface area contributed by atoms with Crippen LogP contribution in [0, 0.1) is 0 Å². The van der Waals surface area contributed by atoms with Gasteiger partial charge in [0.1, 0.15) is 11.9 Å². The van der Waals surface area contributed by atoms with Crippen molar-refractivity contribution in [2.24, 2.45) is 0 Å². The van der Waals surface area contributed by atoms with Crippen molar-refractivity contribution in [3.8, 4) is 5.75 Å². The summed E-state index contributed by atoms with van der Waals surface area (Å²) in [5.74, 6) is 0.910. The monoisotopic (exact) mass is 189 g/mol. The molecule has 0 bridgehead atoms. The molecule has 0 amide bonds. The molecule has 14 heavy (non-hydrogen) atoms. The van der Waals surface area contributed by atoms with Gasteiger partial charge in [0.2, 0.25) is 0 Å². The second-order valence-electron chi connectivity index (χ2n) is 3.52. The van der Waals surface area contributed by atoms with Crippen molar-refractivity contribution in [1.29, 1.82) is 0 Å². The fourth-order valence-corrected chi connectivity index (χ4v) is 1.53. The highest BCUT2D eigenvalue weighted by molar-refractivity contribution is 5.79. The molecule has 0 aliphatic carbocycles. The van der Waals surface area contributed by atoms with Crippen molar-refractivity contribution in [3.05, 3.63) is 24.4 Å². The molecular weight excluding hydrogens is 178 g/mol. The van der Waals surface area contributed by atoms with E-state index in [1.165, 1.54) is 0 Å². The van der Waals surface area contributed by atoms with Gasteiger partial charge in [-0.05, 0) is 12.1 Å². The van der Waals surface area contributed by atoms with Crippen LogP contribution in [0.1, 0.15) is 0 Å². The molecule has 0 atom stereocenters. The number of rotatable bonds is 2. The molecule has 4 nitrogen and oxygen atoms in total. The maximum Gasteiger partial charge on any atom is 0.123 e. The molecule has 0 spiro atoms. The minimum atomic E-state index is 0.329. The second-order valence-corrected chi connectivity index (χ2v) is 3.52. The van der Waals surface area contributed by atoms with Crippen LogP contribution in [0.3, 0.4) is 0 Å². The third kappa shape index (κ3) is 1.24. The highest BCUT2D eigenvalue weighted by Gasteiger charge is 2.18. The van der Waals surface area contributed by atoms with Gasteiger partial charge in [-0.1, -0.05) is 0 Å². The molecule has 0 radical (unpaired) electrons. The van der Waals surface area contributed by atoms with E-state index in [0.717, 1.165) is 29.7 Å². The Labute approximate surface area is 81.3 Å². The average Bonchev–Trinajstić information content (AvgIpc) is 2.58. The summed E-state index contributed by atoms with van der Waals surface area (Å²) >= 11 is 0. The van der Waals surface area contributed by atoms with Crippen LogP contribution in [-0.4, -0.2) is 29.4 Å². The number of benzene rings is 1. The van der Waals surface area contributed by atoms with Gasteiger partial charge in [-0.2, -0.15) is 5.10 Å². The summed E-state index contributed by atoms with van der Waals surface area (Å²) in [7, 11) is 0. The van der Waals surface area contributed by atoms with Crippen molar-refractivity contribution in [1.82, 2.24) is 15.5 Å². The molecule has 3 rings (SSSR count). The lowest BCUT2D eigenvalue weighted by atomic mass is 10.2. The fourth-order valence-electron chi connectivity index (χ4n) is 1.53. The number of nitrogens with one attached hydrogen (secondary N) is 2. The summed E-state index contributed by atoms with van der Waals surface area (Å²) in [4.78, 5) is 0. The molecule has 2 aromatic rings. The zero-order valence-electron chi connectivity index (χ0n) is 7.66. The summed E-state index contributed by atoms with van der Waals surface area (Å²) in [6, 6.07) is 5.98. The Balaban J connectivity index is 1.88. The number of aromatic amines is 1. The van der Waals surface area contributed by atoms with Crippen molar-refractivity contribution in [2.45, 2.75) is 6.10 Å². The Morgan fingerprint density at radius 1 is 1.36 bits per heavy atom. The largest absolute Gasteiger partial charge is 0.488 e. The standard InChI is InChI=1S/C10H11N3O/c1-2-8(14-9-5-11-6-9)3-10-7(1)4-12-13-10/h1-4,9,11H,5-6H2,(H,12,13). The average molecular weight is 189 g/mol. The Hall–Kier alpha value is -1.55. The van der Waals surface area contributed by atoms with Crippen molar-refractivity contribution in [2.75, 3.05) is 13.1 Å². The fraction of sp³-hybridized carbons (Fsp3) is 0.300. The quantitative estimate of drug-likeness (QED) is 0.738. The number of hydrogen-bond donors (Lipinski definition) is 2. The van der Waals surface area contributed by atoms with Crippen molar-refractivity contribution in [3.63, 3.8) is 0 Å². The molecule has 0 unspecified atom stereocenters. The van der Waals surface area contributed by atoms with Crippen LogP contribution in [0.25, 0.3) is 10.9 Å². The summed E-state index contributed by atoms with van der Waals surface area (Å²) < 4.78 is 5.72. The first-order valence-electron chi connectivity index (χ1n) is 4.72. The predicted molar refractivity (Wildman–Crippen MR) is 53.4 cm³/mol. The summed E-state index contributed by atoms with van der Waals surface area (Å²) in [6.07, 6.45) is 2.14. The number of ether oxygens (including phenoxy) is 1. The lowest BCUT2D eigenvalue weighted by Gasteiger charge is -2.27. The van der Waals surface area contributed by atoms with E-state index in [-0.39, 0.29) is 0 Å². The molecule has 4 heteroatoms. The Morgan fingerprint density at radius 3 is 3.07 bits per heavy atom. The van der Waals surface area contributed by atoms with Gasteiger partial charge in [0.15, 0.2) is 0 Å². The van der Waals surface area contributed by atoms with Crippen LogP contribution in [0.5, 0.6) is 5.75 Å². The summed E-state index contributed by atoms with van der Waals surface area (Å²) in [6.45, 7) is 1.89. The molecule has 1 saturated heterocycles. The third-order valence-corrected chi connectivity index (χ3v) is 2.46. The van der Waals surface area contributed by atoms with Gasteiger partial charge in [0.05, 0.1) is 11.7 Å². The van der Waals surface area contributed by atoms with E-state index >= 15 is 0 Å². The Morgan fingerprint density at radius 2 is 2.29 bits per heavy atom. The lowest BCUT2D eigenvalue weighted by Crippen LogP contribution is -2.50. The van der Waals surface area contributed by atoms with E-state index in [2.05, 4.69) is 15.5 Å². The topological polar surface area (TPSA) is 49.9 Å². The molecule has 1 aromatic carbocycles. The first-order chi connectivity index (χ1) is 6.92. The van der Waals surface area contributed by atoms with Crippen LogP contribution in [0.4, 0.5) is 0 Å². The first-order valence-corrected chi connectivity index (χ1v) is 4.72. The third-order valence-electron chi connectivity index (χ3n) is 2.46. The molecule has 72 valence electrons. The predicted octanol–water partition coefficient (Wildman–Crippen LogP) is 0.913. The van der Waals surface area contributed by atoms with E-state index in [1.54, 1.807) is 0 Å². The number of aromatic nitrogens is 2. The summed E-state index contributed by atoms with van der Waals surface area (Å²) in [5.41, 5.74) is 1.02. The molecular formula is C10H11N3O.